The van der Waals surface area contributed by atoms with Crippen LogP contribution in [-0.2, 0) is 11.3 Å². The van der Waals surface area contributed by atoms with Gasteiger partial charge in [-0.3, -0.25) is 0 Å². The van der Waals surface area contributed by atoms with Crippen LogP contribution < -0.4 is 4.90 Å². The van der Waals surface area contributed by atoms with Crippen molar-refractivity contribution in [1.29, 1.82) is 0 Å². The van der Waals surface area contributed by atoms with Gasteiger partial charge in [-0.1, -0.05) is 13.0 Å². The number of rotatable bonds is 5. The van der Waals surface area contributed by atoms with Gasteiger partial charge in [-0.2, -0.15) is 0 Å². The number of halogens is 1. The van der Waals surface area contributed by atoms with Gasteiger partial charge >= 0.3 is 0 Å². The summed E-state index contributed by atoms with van der Waals surface area (Å²) in [5.41, 5.74) is 1.19. The van der Waals surface area contributed by atoms with Crippen molar-refractivity contribution in [1.82, 2.24) is 0 Å². The van der Waals surface area contributed by atoms with Crippen LogP contribution in [-0.4, -0.2) is 30.9 Å². The summed E-state index contributed by atoms with van der Waals surface area (Å²) >= 11 is 0. The van der Waals surface area contributed by atoms with Crippen LogP contribution in [0, 0.1) is 5.82 Å². The van der Waals surface area contributed by atoms with Gasteiger partial charge in [0.2, 0.25) is 0 Å². The molecule has 0 aromatic heterocycles. The molecular weight excluding hydrogens is 245 g/mol. The van der Waals surface area contributed by atoms with Crippen LogP contribution in [0.25, 0.3) is 0 Å². The third kappa shape index (κ3) is 3.45. The number of aliphatic hydroxyl groups is 1. The van der Waals surface area contributed by atoms with E-state index >= 15 is 0 Å². The van der Waals surface area contributed by atoms with Gasteiger partial charge in [0.1, 0.15) is 5.82 Å². The van der Waals surface area contributed by atoms with Gasteiger partial charge in [0.25, 0.3) is 0 Å². The summed E-state index contributed by atoms with van der Waals surface area (Å²) in [6, 6.07) is 4.96. The van der Waals surface area contributed by atoms with Crippen LogP contribution in [0.2, 0.25) is 0 Å². The summed E-state index contributed by atoms with van der Waals surface area (Å²) < 4.78 is 19.5. The smallest absolute Gasteiger partial charge is 0.130 e. The molecule has 2 rings (SSSR count). The average molecular weight is 267 g/mol. The molecule has 1 N–H and O–H groups in total. The van der Waals surface area contributed by atoms with E-state index in [1.54, 1.807) is 6.07 Å². The summed E-state index contributed by atoms with van der Waals surface area (Å²) in [5.74, 6) is -0.336. The molecule has 1 aliphatic rings. The Balaban J connectivity index is 2.10. The van der Waals surface area contributed by atoms with Crippen molar-refractivity contribution in [3.63, 3.8) is 0 Å². The molecule has 1 saturated heterocycles. The summed E-state index contributed by atoms with van der Waals surface area (Å²) in [6.45, 7) is 4.27. The lowest BCUT2D eigenvalue weighted by Gasteiger charge is -2.35. The molecule has 0 radical (unpaired) electrons. The summed E-state index contributed by atoms with van der Waals surface area (Å²) in [4.78, 5) is 2.12. The van der Waals surface area contributed by atoms with Gasteiger partial charge in [0.05, 0.1) is 12.7 Å². The number of piperidine rings is 1. The summed E-state index contributed by atoms with van der Waals surface area (Å²) in [5, 5.41) is 9.34. The number of nitrogens with zero attached hydrogens (tertiary/aromatic N) is 1. The second-order valence-corrected chi connectivity index (χ2v) is 4.98. The standard InChI is InChI=1S/C15H22FNO2/c1-2-9-19-12-5-4-8-17(10-12)15-7-3-6-14(16)13(15)11-18/h3,6-7,12,18H,2,4-5,8-11H2,1H3. The van der Waals surface area contributed by atoms with Crippen molar-refractivity contribution in [2.75, 3.05) is 24.6 Å². The molecule has 0 amide bonds. The highest BCUT2D eigenvalue weighted by Gasteiger charge is 2.22. The van der Waals surface area contributed by atoms with Crippen LogP contribution >= 0.6 is 0 Å². The molecule has 0 spiro atoms. The van der Waals surface area contributed by atoms with Crippen LogP contribution in [0.15, 0.2) is 18.2 Å². The second-order valence-electron chi connectivity index (χ2n) is 4.98. The highest BCUT2D eigenvalue weighted by molar-refractivity contribution is 5.54. The summed E-state index contributed by atoms with van der Waals surface area (Å²) in [7, 11) is 0. The van der Waals surface area contributed by atoms with Gasteiger partial charge < -0.3 is 14.7 Å². The molecule has 3 nitrogen and oxygen atoms in total. The van der Waals surface area contributed by atoms with Crippen LogP contribution in [0.4, 0.5) is 10.1 Å². The predicted octanol–water partition coefficient (Wildman–Crippen LogP) is 2.71. The fraction of sp³-hybridized carbons (Fsp3) is 0.600. The molecule has 4 heteroatoms. The Labute approximate surface area is 114 Å². The molecule has 1 atom stereocenters. The van der Waals surface area contributed by atoms with Gasteiger partial charge in [-0.15, -0.1) is 0 Å². The Morgan fingerprint density at radius 3 is 3.05 bits per heavy atom. The molecule has 1 unspecified atom stereocenters. The largest absolute Gasteiger partial charge is 0.391 e. The van der Waals surface area contributed by atoms with Crippen LogP contribution in [0.3, 0.4) is 0 Å². The maximum atomic E-state index is 13.7. The third-order valence-corrected chi connectivity index (χ3v) is 3.53. The van der Waals surface area contributed by atoms with Crippen molar-refractivity contribution in [2.24, 2.45) is 0 Å². The van der Waals surface area contributed by atoms with Crippen molar-refractivity contribution in [2.45, 2.75) is 38.9 Å². The Morgan fingerprint density at radius 1 is 1.47 bits per heavy atom. The Kier molecular flexibility index (Phi) is 5.16. The lowest BCUT2D eigenvalue weighted by molar-refractivity contribution is 0.0440. The van der Waals surface area contributed by atoms with Gasteiger partial charge in [0, 0.05) is 30.9 Å². The molecule has 1 aromatic rings. The maximum Gasteiger partial charge on any atom is 0.130 e. The Morgan fingerprint density at radius 2 is 2.32 bits per heavy atom. The first-order valence-corrected chi connectivity index (χ1v) is 7.01. The molecule has 1 aliphatic heterocycles. The van der Waals surface area contributed by atoms with Gasteiger partial charge in [-0.25, -0.2) is 4.39 Å². The molecule has 1 fully saturated rings. The first kappa shape index (κ1) is 14.3. The zero-order valence-corrected chi connectivity index (χ0v) is 11.4. The van der Waals surface area contributed by atoms with Crippen molar-refractivity contribution < 1.29 is 14.2 Å². The van der Waals surface area contributed by atoms with Crippen molar-refractivity contribution >= 4 is 5.69 Å². The number of aliphatic hydroxyl groups excluding tert-OH is 1. The number of anilines is 1. The Bertz CT molecular complexity index is 411. The molecule has 0 saturated carbocycles. The maximum absolute atomic E-state index is 13.7. The van der Waals surface area contributed by atoms with E-state index in [0.29, 0.717) is 5.56 Å². The molecular formula is C15H22FNO2. The molecule has 1 heterocycles. The predicted molar refractivity (Wildman–Crippen MR) is 73.8 cm³/mol. The van der Waals surface area contributed by atoms with E-state index in [2.05, 4.69) is 11.8 Å². The number of ether oxygens (including phenoxy) is 1. The minimum Gasteiger partial charge on any atom is -0.391 e. The Hall–Kier alpha value is -1.13. The van der Waals surface area contributed by atoms with Crippen LogP contribution in [0.1, 0.15) is 31.7 Å². The van der Waals surface area contributed by atoms with Gasteiger partial charge in [-0.05, 0) is 31.4 Å². The third-order valence-electron chi connectivity index (χ3n) is 3.53. The van der Waals surface area contributed by atoms with Gasteiger partial charge in [0.15, 0.2) is 0 Å². The first-order chi connectivity index (χ1) is 9.26. The zero-order valence-electron chi connectivity index (χ0n) is 11.4. The van der Waals surface area contributed by atoms with E-state index in [1.165, 1.54) is 6.07 Å². The summed E-state index contributed by atoms with van der Waals surface area (Å²) in [6.07, 6.45) is 3.32. The molecule has 0 aliphatic carbocycles. The zero-order chi connectivity index (χ0) is 13.7. The van der Waals surface area contributed by atoms with E-state index in [-0.39, 0.29) is 18.5 Å². The fourth-order valence-corrected chi connectivity index (χ4v) is 2.58. The first-order valence-electron chi connectivity index (χ1n) is 7.01. The van der Waals surface area contributed by atoms with E-state index < -0.39 is 0 Å². The monoisotopic (exact) mass is 267 g/mol. The minimum atomic E-state index is -0.336. The number of hydrogen-bond acceptors (Lipinski definition) is 3. The highest BCUT2D eigenvalue weighted by atomic mass is 19.1. The second kappa shape index (κ2) is 6.87. The lowest BCUT2D eigenvalue weighted by Crippen LogP contribution is -2.40. The lowest BCUT2D eigenvalue weighted by atomic mass is 10.0. The fourth-order valence-electron chi connectivity index (χ4n) is 2.58. The quantitative estimate of drug-likeness (QED) is 0.890. The number of benzene rings is 1. The van der Waals surface area contributed by atoms with E-state index in [0.717, 1.165) is 44.6 Å². The van der Waals surface area contributed by atoms with Crippen molar-refractivity contribution in [3.8, 4) is 0 Å². The van der Waals surface area contributed by atoms with Crippen molar-refractivity contribution in [3.05, 3.63) is 29.6 Å². The SMILES string of the molecule is CCCOC1CCCN(c2cccc(F)c2CO)C1. The minimum absolute atomic E-state index is 0.212. The highest BCUT2D eigenvalue weighted by Crippen LogP contribution is 2.27. The average Bonchev–Trinajstić information content (AvgIpc) is 2.45. The normalized spacial score (nSPS) is 19.7. The molecule has 1 aromatic carbocycles. The topological polar surface area (TPSA) is 32.7 Å². The van der Waals surface area contributed by atoms with E-state index in [4.69, 9.17) is 4.74 Å². The molecule has 19 heavy (non-hydrogen) atoms. The molecule has 106 valence electrons. The van der Waals surface area contributed by atoms with E-state index in [1.807, 2.05) is 6.07 Å². The molecule has 0 bridgehead atoms. The van der Waals surface area contributed by atoms with Crippen LogP contribution in [0.5, 0.6) is 0 Å². The number of hydrogen-bond donors (Lipinski definition) is 1. The van der Waals surface area contributed by atoms with E-state index in [9.17, 15) is 9.50 Å².